The molecule has 3 aromatic carbocycles. The lowest BCUT2D eigenvalue weighted by Gasteiger charge is -2.09. The number of fused-ring (bicyclic) bond motifs is 2. The molecule has 2 heterocycles. The van der Waals surface area contributed by atoms with Crippen molar-refractivity contribution in [3.05, 3.63) is 93.7 Å². The van der Waals surface area contributed by atoms with E-state index in [9.17, 15) is 18.4 Å². The molecule has 1 aliphatic heterocycles. The van der Waals surface area contributed by atoms with E-state index in [2.05, 4.69) is 25.8 Å². The Kier molecular flexibility index (Phi) is 6.05. The predicted molar refractivity (Wildman–Crippen MR) is 130 cm³/mol. The minimum atomic E-state index is -0.650. The van der Waals surface area contributed by atoms with E-state index in [1.165, 1.54) is 6.07 Å². The zero-order valence-corrected chi connectivity index (χ0v) is 18.6. The number of urea groups is 1. The highest BCUT2D eigenvalue weighted by molar-refractivity contribution is 6.02. The Morgan fingerprint density at radius 3 is 2.71 bits per heavy atom. The molecule has 1 aliphatic rings. The van der Waals surface area contributed by atoms with Crippen LogP contribution in [0.15, 0.2) is 70.5 Å². The van der Waals surface area contributed by atoms with Crippen LogP contribution in [0.3, 0.4) is 0 Å². The van der Waals surface area contributed by atoms with E-state index in [-0.39, 0.29) is 17.9 Å². The number of benzene rings is 3. The third kappa shape index (κ3) is 4.65. The average Bonchev–Trinajstić information content (AvgIpc) is 3.27. The molecule has 0 atom stereocenters. The van der Waals surface area contributed by atoms with Gasteiger partial charge in [-0.15, -0.1) is 0 Å². The molecule has 0 fully saturated rings. The van der Waals surface area contributed by atoms with Crippen LogP contribution < -0.4 is 16.2 Å². The third-order valence-corrected chi connectivity index (χ3v) is 5.82. The van der Waals surface area contributed by atoms with Gasteiger partial charge in [-0.05, 0) is 41.0 Å². The maximum Gasteiger partial charge on any atom is 0.320 e. The molecule has 35 heavy (non-hydrogen) atoms. The summed E-state index contributed by atoms with van der Waals surface area (Å²) in [6.45, 7) is -0.723. The second kappa shape index (κ2) is 9.46. The number of hydrogen-bond donors (Lipinski definition) is 3. The van der Waals surface area contributed by atoms with E-state index in [0.29, 0.717) is 46.6 Å². The maximum atomic E-state index is 14.8. The molecule has 0 radical (unpaired) electrons. The summed E-state index contributed by atoms with van der Waals surface area (Å²) in [7, 11) is 0. The zero-order chi connectivity index (χ0) is 24.4. The standard InChI is InChI=1S/C26H21F2N5O2/c27-9-10-29-26(35)31-24-14-17-7-6-16(13-22(17)30-24)20-11-15(5-8-21(20)28)12-23-18-3-1-2-4-19(18)25(34)33-32-23/h1-8,11,13H,9-10,12,14H2,(H,33,34)(H2,29,30,31,35). The topological polar surface area (TPSA) is 99.2 Å². The summed E-state index contributed by atoms with van der Waals surface area (Å²) in [6.07, 6.45) is 0.835. The lowest BCUT2D eigenvalue weighted by Crippen LogP contribution is -2.40. The first-order valence-electron chi connectivity index (χ1n) is 11.1. The van der Waals surface area contributed by atoms with Gasteiger partial charge in [0.1, 0.15) is 18.3 Å². The fourth-order valence-electron chi connectivity index (χ4n) is 4.16. The van der Waals surface area contributed by atoms with Crippen molar-refractivity contribution < 1.29 is 13.6 Å². The zero-order valence-electron chi connectivity index (χ0n) is 18.6. The molecule has 9 heteroatoms. The van der Waals surface area contributed by atoms with Crippen molar-refractivity contribution in [3.63, 3.8) is 0 Å². The summed E-state index contributed by atoms with van der Waals surface area (Å²) < 4.78 is 27.1. The smallest absolute Gasteiger partial charge is 0.320 e. The lowest BCUT2D eigenvalue weighted by atomic mass is 9.97. The van der Waals surface area contributed by atoms with Crippen molar-refractivity contribution in [2.45, 2.75) is 12.8 Å². The number of alkyl halides is 1. The molecule has 176 valence electrons. The van der Waals surface area contributed by atoms with Crippen LogP contribution in [0, 0.1) is 5.82 Å². The van der Waals surface area contributed by atoms with E-state index in [0.717, 1.165) is 16.5 Å². The second-order valence-electron chi connectivity index (χ2n) is 8.18. The highest BCUT2D eigenvalue weighted by Crippen LogP contribution is 2.33. The Morgan fingerprint density at radius 1 is 1.06 bits per heavy atom. The summed E-state index contributed by atoms with van der Waals surface area (Å²) in [5.41, 5.74) is 3.87. The first-order valence-corrected chi connectivity index (χ1v) is 11.1. The molecule has 0 saturated carbocycles. The molecule has 2 amide bonds. The molecular formula is C26H21F2N5O2. The number of nitrogens with one attached hydrogen (secondary N) is 3. The summed E-state index contributed by atoms with van der Waals surface area (Å²) in [6, 6.07) is 17.0. The Morgan fingerprint density at radius 2 is 1.89 bits per heavy atom. The number of aromatic amines is 1. The highest BCUT2D eigenvalue weighted by atomic mass is 19.1. The monoisotopic (exact) mass is 473 g/mol. The number of nitrogens with zero attached hydrogens (tertiary/aromatic N) is 2. The first-order chi connectivity index (χ1) is 17.0. The number of carbonyl (C=O) groups excluding carboxylic acids is 1. The van der Waals surface area contributed by atoms with Crippen molar-refractivity contribution in [3.8, 4) is 11.1 Å². The second-order valence-corrected chi connectivity index (χ2v) is 8.18. The van der Waals surface area contributed by atoms with Crippen molar-refractivity contribution in [1.29, 1.82) is 0 Å². The number of carbonyl (C=O) groups is 1. The van der Waals surface area contributed by atoms with E-state index in [1.807, 2.05) is 24.3 Å². The van der Waals surface area contributed by atoms with Gasteiger partial charge in [0.25, 0.3) is 5.56 Å². The van der Waals surface area contributed by atoms with E-state index < -0.39 is 12.7 Å². The van der Waals surface area contributed by atoms with Crippen LogP contribution >= 0.6 is 0 Å². The van der Waals surface area contributed by atoms with Gasteiger partial charge in [0, 0.05) is 30.3 Å². The molecule has 0 spiro atoms. The minimum absolute atomic E-state index is 0.0732. The molecule has 0 aliphatic carbocycles. The van der Waals surface area contributed by atoms with Gasteiger partial charge in [-0.3, -0.25) is 10.1 Å². The van der Waals surface area contributed by atoms with E-state index >= 15 is 0 Å². The molecule has 0 saturated heterocycles. The van der Waals surface area contributed by atoms with Crippen LogP contribution in [-0.4, -0.2) is 35.3 Å². The molecular weight excluding hydrogens is 452 g/mol. The Bertz CT molecular complexity index is 1530. The van der Waals surface area contributed by atoms with E-state index in [4.69, 9.17) is 0 Å². The van der Waals surface area contributed by atoms with Gasteiger partial charge in [-0.1, -0.05) is 36.4 Å². The number of aliphatic imine (C=N–C) groups is 1. The van der Waals surface area contributed by atoms with Crippen LogP contribution in [-0.2, 0) is 12.8 Å². The van der Waals surface area contributed by atoms with E-state index in [1.54, 1.807) is 30.3 Å². The molecule has 1 aromatic heterocycles. The summed E-state index contributed by atoms with van der Waals surface area (Å²) in [5, 5.41) is 13.1. The van der Waals surface area contributed by atoms with Crippen LogP contribution in [0.5, 0.6) is 0 Å². The molecule has 0 unspecified atom stereocenters. The molecule has 5 rings (SSSR count). The molecule has 4 aromatic rings. The summed E-state index contributed by atoms with van der Waals surface area (Å²) >= 11 is 0. The number of hydrogen-bond acceptors (Lipinski definition) is 4. The quantitative estimate of drug-likeness (QED) is 0.406. The van der Waals surface area contributed by atoms with Gasteiger partial charge < -0.3 is 5.32 Å². The number of amidine groups is 1. The highest BCUT2D eigenvalue weighted by Gasteiger charge is 2.18. The maximum absolute atomic E-state index is 14.8. The normalized spacial score (nSPS) is 12.3. The van der Waals surface area contributed by atoms with Gasteiger partial charge >= 0.3 is 6.03 Å². The van der Waals surface area contributed by atoms with Crippen molar-refractivity contribution >= 4 is 28.3 Å². The fourth-order valence-corrected chi connectivity index (χ4v) is 4.16. The molecule has 3 N–H and O–H groups in total. The van der Waals surface area contributed by atoms with Crippen molar-refractivity contribution in [2.24, 2.45) is 4.99 Å². The largest absolute Gasteiger partial charge is 0.335 e. The van der Waals surface area contributed by atoms with Gasteiger partial charge in [0.2, 0.25) is 0 Å². The Balaban J connectivity index is 1.42. The number of aromatic nitrogens is 2. The van der Waals surface area contributed by atoms with Gasteiger partial charge in [0.15, 0.2) is 0 Å². The van der Waals surface area contributed by atoms with Crippen molar-refractivity contribution in [2.75, 3.05) is 13.2 Å². The first kappa shape index (κ1) is 22.4. The summed E-state index contributed by atoms with van der Waals surface area (Å²) in [5.74, 6) is 0.0673. The molecule has 7 nitrogen and oxygen atoms in total. The fraction of sp³-hybridized carbons (Fsp3) is 0.154. The SMILES string of the molecule is O=C(NCCF)NC1=Nc2cc(-c3cc(Cc4n[nH]c(=O)c5ccccc45)ccc3F)ccc2C1. The summed E-state index contributed by atoms with van der Waals surface area (Å²) in [4.78, 5) is 28.3. The molecule has 0 bridgehead atoms. The van der Waals surface area contributed by atoms with Crippen LogP contribution in [0.25, 0.3) is 21.9 Å². The minimum Gasteiger partial charge on any atom is -0.335 e. The number of H-pyrrole nitrogens is 1. The van der Waals surface area contributed by atoms with Gasteiger partial charge in [-0.25, -0.2) is 23.7 Å². The van der Waals surface area contributed by atoms with Crippen LogP contribution in [0.4, 0.5) is 19.3 Å². The van der Waals surface area contributed by atoms with Gasteiger partial charge in [0.05, 0.1) is 16.8 Å². The van der Waals surface area contributed by atoms with Crippen LogP contribution in [0.1, 0.15) is 16.8 Å². The Hall–Kier alpha value is -4.40. The number of amides is 2. The Labute approximate surface area is 198 Å². The third-order valence-electron chi connectivity index (χ3n) is 5.82. The average molecular weight is 473 g/mol. The van der Waals surface area contributed by atoms with Crippen LogP contribution in [0.2, 0.25) is 0 Å². The number of rotatable bonds is 5. The number of halogens is 2. The van der Waals surface area contributed by atoms with Crippen molar-refractivity contribution in [1.82, 2.24) is 20.8 Å². The lowest BCUT2D eigenvalue weighted by molar-refractivity contribution is 0.244. The van der Waals surface area contributed by atoms with Gasteiger partial charge in [-0.2, -0.15) is 5.10 Å². The predicted octanol–water partition coefficient (Wildman–Crippen LogP) is 4.17.